The summed E-state index contributed by atoms with van der Waals surface area (Å²) in [5.41, 5.74) is 4.18. The summed E-state index contributed by atoms with van der Waals surface area (Å²) >= 11 is 1.95. The van der Waals surface area contributed by atoms with Gasteiger partial charge in [0, 0.05) is 46.7 Å². The number of nitrogens with one attached hydrogen (secondary N) is 2. The van der Waals surface area contributed by atoms with Gasteiger partial charge in [0.1, 0.15) is 0 Å². The van der Waals surface area contributed by atoms with Crippen LogP contribution in [0.5, 0.6) is 0 Å². The number of benzene rings is 1. The molecule has 3 rings (SSSR count). The molecule has 0 radical (unpaired) electrons. The van der Waals surface area contributed by atoms with E-state index in [9.17, 15) is 4.79 Å². The van der Waals surface area contributed by atoms with Gasteiger partial charge in [-0.25, -0.2) is 0 Å². The number of carbonyl (C=O) groups excluding carboxylic acids is 1. The minimum Gasteiger partial charge on any atom is -0.381 e. The predicted molar refractivity (Wildman–Crippen MR) is 101 cm³/mol. The first-order valence-electron chi connectivity index (χ1n) is 8.63. The predicted octanol–water partition coefficient (Wildman–Crippen LogP) is 3.82. The van der Waals surface area contributed by atoms with Gasteiger partial charge < -0.3 is 15.0 Å². The van der Waals surface area contributed by atoms with Crippen molar-refractivity contribution in [2.24, 2.45) is 0 Å². The summed E-state index contributed by atoms with van der Waals surface area (Å²) in [5.74, 6) is 1.07. The van der Waals surface area contributed by atoms with Crippen molar-refractivity contribution < 1.29 is 9.53 Å². The normalized spacial score (nSPS) is 17.1. The van der Waals surface area contributed by atoms with E-state index < -0.39 is 0 Å². The third kappa shape index (κ3) is 3.47. The van der Waals surface area contributed by atoms with Gasteiger partial charge in [0.25, 0.3) is 5.91 Å². The van der Waals surface area contributed by atoms with Gasteiger partial charge in [-0.15, -0.1) is 0 Å². The van der Waals surface area contributed by atoms with E-state index in [0.717, 1.165) is 54.0 Å². The van der Waals surface area contributed by atoms with Crippen LogP contribution in [0.2, 0.25) is 0 Å². The standard InChI is InChI=1S/C19H26N2O2S/c1-4-24-19(7-9-23-10-8-19)12-20-18(22)15-5-6-17-16(11-15)13(2)14(3)21-17/h5-6,11,21H,4,7-10,12H2,1-3H3,(H,20,22). The number of ether oxygens (including phenoxy) is 1. The van der Waals surface area contributed by atoms with Gasteiger partial charge >= 0.3 is 0 Å². The van der Waals surface area contributed by atoms with Crippen LogP contribution in [0, 0.1) is 13.8 Å². The third-order valence-electron chi connectivity index (χ3n) is 5.00. The fourth-order valence-corrected chi connectivity index (χ4v) is 4.61. The van der Waals surface area contributed by atoms with Crippen LogP contribution in [0.25, 0.3) is 10.9 Å². The molecule has 5 heteroatoms. The summed E-state index contributed by atoms with van der Waals surface area (Å²) in [7, 11) is 0. The lowest BCUT2D eigenvalue weighted by Crippen LogP contribution is -2.44. The number of thioether (sulfide) groups is 1. The first-order chi connectivity index (χ1) is 11.5. The molecule has 0 bridgehead atoms. The number of fused-ring (bicyclic) bond motifs is 1. The molecule has 1 saturated heterocycles. The Morgan fingerprint density at radius 2 is 2.08 bits per heavy atom. The third-order valence-corrected chi connectivity index (χ3v) is 6.45. The lowest BCUT2D eigenvalue weighted by atomic mass is 9.98. The largest absolute Gasteiger partial charge is 0.381 e. The Morgan fingerprint density at radius 3 is 2.79 bits per heavy atom. The highest BCUT2D eigenvalue weighted by Gasteiger charge is 2.33. The maximum absolute atomic E-state index is 12.6. The SMILES string of the molecule is CCSC1(CNC(=O)c2ccc3[nH]c(C)c(C)c3c2)CCOCC1. The Morgan fingerprint density at radius 1 is 1.33 bits per heavy atom. The molecule has 130 valence electrons. The first-order valence-corrected chi connectivity index (χ1v) is 9.62. The molecule has 1 aromatic heterocycles. The highest BCUT2D eigenvalue weighted by Crippen LogP contribution is 2.34. The fourth-order valence-electron chi connectivity index (χ4n) is 3.37. The van der Waals surface area contributed by atoms with E-state index in [1.54, 1.807) is 0 Å². The summed E-state index contributed by atoms with van der Waals surface area (Å²) in [6.07, 6.45) is 2.00. The van der Waals surface area contributed by atoms with E-state index in [1.807, 2.05) is 30.0 Å². The van der Waals surface area contributed by atoms with Gasteiger partial charge in [0.05, 0.1) is 0 Å². The summed E-state index contributed by atoms with van der Waals surface area (Å²) in [5, 5.41) is 4.29. The summed E-state index contributed by atoms with van der Waals surface area (Å²) in [6, 6.07) is 5.89. The fraction of sp³-hybridized carbons (Fsp3) is 0.526. The van der Waals surface area contributed by atoms with Crippen molar-refractivity contribution in [2.75, 3.05) is 25.5 Å². The van der Waals surface area contributed by atoms with Gasteiger partial charge in [-0.3, -0.25) is 4.79 Å². The Balaban J connectivity index is 1.73. The molecule has 1 amide bonds. The van der Waals surface area contributed by atoms with Crippen molar-refractivity contribution >= 4 is 28.6 Å². The molecule has 2 aromatic rings. The smallest absolute Gasteiger partial charge is 0.251 e. The van der Waals surface area contributed by atoms with E-state index in [0.29, 0.717) is 6.54 Å². The van der Waals surface area contributed by atoms with Crippen LogP contribution >= 0.6 is 11.8 Å². The molecule has 1 fully saturated rings. The minimum atomic E-state index is 0.0118. The maximum atomic E-state index is 12.6. The van der Waals surface area contributed by atoms with Gasteiger partial charge in [-0.2, -0.15) is 11.8 Å². The van der Waals surface area contributed by atoms with Crippen molar-refractivity contribution in [1.29, 1.82) is 0 Å². The van der Waals surface area contributed by atoms with Gasteiger partial charge in [0.15, 0.2) is 0 Å². The van der Waals surface area contributed by atoms with Crippen molar-refractivity contribution in [3.8, 4) is 0 Å². The lowest BCUT2D eigenvalue weighted by Gasteiger charge is -2.36. The van der Waals surface area contributed by atoms with E-state index in [4.69, 9.17) is 4.74 Å². The zero-order valence-electron chi connectivity index (χ0n) is 14.7. The summed E-state index contributed by atoms with van der Waals surface area (Å²) in [6.45, 7) is 8.61. The maximum Gasteiger partial charge on any atom is 0.251 e. The number of H-pyrrole nitrogens is 1. The Bertz CT molecular complexity index is 727. The summed E-state index contributed by atoms with van der Waals surface area (Å²) in [4.78, 5) is 16.0. The average molecular weight is 346 g/mol. The van der Waals surface area contributed by atoms with E-state index in [-0.39, 0.29) is 10.7 Å². The number of hydrogen-bond donors (Lipinski definition) is 2. The van der Waals surface area contributed by atoms with Crippen LogP contribution in [0.15, 0.2) is 18.2 Å². The van der Waals surface area contributed by atoms with E-state index >= 15 is 0 Å². The number of aromatic nitrogens is 1. The molecule has 2 heterocycles. The number of aryl methyl sites for hydroxylation is 2. The average Bonchev–Trinajstić information content (AvgIpc) is 2.88. The molecule has 1 aromatic carbocycles. The van der Waals surface area contributed by atoms with E-state index in [2.05, 4.69) is 31.1 Å². The Labute approximate surface area is 147 Å². The van der Waals surface area contributed by atoms with Crippen molar-refractivity contribution in [3.05, 3.63) is 35.0 Å². The number of aromatic amines is 1. The molecule has 0 atom stereocenters. The number of rotatable bonds is 5. The Kier molecular flexibility index (Phi) is 5.21. The second-order valence-corrected chi connectivity index (χ2v) is 8.28. The van der Waals surface area contributed by atoms with Crippen molar-refractivity contribution in [2.45, 2.75) is 38.4 Å². The van der Waals surface area contributed by atoms with Crippen molar-refractivity contribution in [1.82, 2.24) is 10.3 Å². The molecular formula is C19H26N2O2S. The van der Waals surface area contributed by atoms with Crippen molar-refractivity contribution in [3.63, 3.8) is 0 Å². The number of carbonyl (C=O) groups is 1. The quantitative estimate of drug-likeness (QED) is 0.865. The Hall–Kier alpha value is -1.46. The van der Waals surface area contributed by atoms with Gasteiger partial charge in [-0.05, 0) is 56.2 Å². The van der Waals surface area contributed by atoms with Crippen LogP contribution in [0.1, 0.15) is 41.4 Å². The van der Waals surface area contributed by atoms with Crippen LogP contribution < -0.4 is 5.32 Å². The van der Waals surface area contributed by atoms with Gasteiger partial charge in [-0.1, -0.05) is 6.92 Å². The van der Waals surface area contributed by atoms with Crippen LogP contribution in [-0.4, -0.2) is 41.1 Å². The zero-order valence-corrected chi connectivity index (χ0v) is 15.5. The highest BCUT2D eigenvalue weighted by molar-refractivity contribution is 8.00. The van der Waals surface area contributed by atoms with Crippen LogP contribution in [-0.2, 0) is 4.74 Å². The first kappa shape index (κ1) is 17.4. The summed E-state index contributed by atoms with van der Waals surface area (Å²) < 4.78 is 5.62. The molecule has 1 aliphatic rings. The molecule has 2 N–H and O–H groups in total. The molecule has 1 aliphatic heterocycles. The van der Waals surface area contributed by atoms with Crippen LogP contribution in [0.4, 0.5) is 0 Å². The molecular weight excluding hydrogens is 320 g/mol. The second-order valence-electron chi connectivity index (χ2n) is 6.55. The molecule has 0 unspecified atom stereocenters. The van der Waals surface area contributed by atoms with E-state index in [1.165, 1.54) is 5.56 Å². The zero-order chi connectivity index (χ0) is 17.2. The second kappa shape index (κ2) is 7.19. The number of hydrogen-bond acceptors (Lipinski definition) is 3. The molecule has 0 saturated carbocycles. The molecule has 0 aliphatic carbocycles. The van der Waals surface area contributed by atoms with Gasteiger partial charge in [0.2, 0.25) is 0 Å². The lowest BCUT2D eigenvalue weighted by molar-refractivity contribution is 0.0741. The topological polar surface area (TPSA) is 54.1 Å². The molecule has 0 spiro atoms. The highest BCUT2D eigenvalue weighted by atomic mass is 32.2. The number of amides is 1. The molecule has 24 heavy (non-hydrogen) atoms. The molecule has 4 nitrogen and oxygen atoms in total. The minimum absolute atomic E-state index is 0.0118. The van der Waals surface area contributed by atoms with Crippen LogP contribution in [0.3, 0.4) is 0 Å². The monoisotopic (exact) mass is 346 g/mol.